The molecular formula is C11H16N4. The molecule has 0 amide bonds. The van der Waals surface area contributed by atoms with E-state index in [4.69, 9.17) is 5.73 Å². The highest BCUT2D eigenvalue weighted by atomic mass is 15.0. The fourth-order valence-corrected chi connectivity index (χ4v) is 1.63. The van der Waals surface area contributed by atoms with Gasteiger partial charge in [0.05, 0.1) is 16.7 Å². The molecule has 0 fully saturated rings. The van der Waals surface area contributed by atoms with Crippen LogP contribution in [-0.4, -0.2) is 22.1 Å². The summed E-state index contributed by atoms with van der Waals surface area (Å²) < 4.78 is 2.06. The molecule has 2 aromatic rings. The van der Waals surface area contributed by atoms with Gasteiger partial charge in [-0.1, -0.05) is 0 Å². The SMILES string of the molecule is CC(N)CNc1ccnc2ccn(C)c12. The molecule has 0 radical (unpaired) electrons. The van der Waals surface area contributed by atoms with Crippen molar-refractivity contribution in [2.24, 2.45) is 12.8 Å². The molecule has 3 N–H and O–H groups in total. The zero-order chi connectivity index (χ0) is 10.8. The maximum Gasteiger partial charge on any atom is 0.0902 e. The number of fused-ring (bicyclic) bond motifs is 1. The maximum absolute atomic E-state index is 5.71. The molecule has 0 aliphatic heterocycles. The van der Waals surface area contributed by atoms with Crippen LogP contribution in [0.5, 0.6) is 0 Å². The van der Waals surface area contributed by atoms with Crippen molar-refractivity contribution < 1.29 is 0 Å². The standard InChI is InChI=1S/C11H16N4/c1-8(12)7-14-9-3-5-13-10-4-6-15(2)11(9)10/h3-6,8H,7,12H2,1-2H3,(H,13,14). The summed E-state index contributed by atoms with van der Waals surface area (Å²) in [5.74, 6) is 0. The third-order valence-electron chi connectivity index (χ3n) is 2.38. The summed E-state index contributed by atoms with van der Waals surface area (Å²) in [7, 11) is 2.01. The van der Waals surface area contributed by atoms with Gasteiger partial charge in [0.15, 0.2) is 0 Å². The van der Waals surface area contributed by atoms with Crippen molar-refractivity contribution in [1.82, 2.24) is 9.55 Å². The van der Waals surface area contributed by atoms with Gasteiger partial charge < -0.3 is 15.6 Å². The fraction of sp³-hybridized carbons (Fsp3) is 0.364. The molecule has 0 saturated carbocycles. The second-order valence-electron chi connectivity index (χ2n) is 3.88. The predicted molar refractivity (Wildman–Crippen MR) is 62.9 cm³/mol. The van der Waals surface area contributed by atoms with Crippen molar-refractivity contribution in [2.75, 3.05) is 11.9 Å². The third kappa shape index (κ3) is 1.94. The molecule has 1 unspecified atom stereocenters. The van der Waals surface area contributed by atoms with Gasteiger partial charge in [0.2, 0.25) is 0 Å². The van der Waals surface area contributed by atoms with Crippen LogP contribution in [-0.2, 0) is 7.05 Å². The Hall–Kier alpha value is -1.55. The predicted octanol–water partition coefficient (Wildman–Crippen LogP) is 1.33. The minimum atomic E-state index is 0.147. The van der Waals surface area contributed by atoms with E-state index in [2.05, 4.69) is 14.9 Å². The summed E-state index contributed by atoms with van der Waals surface area (Å²) >= 11 is 0. The van der Waals surface area contributed by atoms with Crippen molar-refractivity contribution in [3.05, 3.63) is 24.5 Å². The lowest BCUT2D eigenvalue weighted by Gasteiger charge is -2.10. The van der Waals surface area contributed by atoms with E-state index in [1.54, 1.807) is 0 Å². The number of hydrogen-bond acceptors (Lipinski definition) is 3. The zero-order valence-corrected chi connectivity index (χ0v) is 9.07. The van der Waals surface area contributed by atoms with Gasteiger partial charge in [-0.15, -0.1) is 0 Å². The lowest BCUT2D eigenvalue weighted by molar-refractivity contribution is 0.780. The molecule has 15 heavy (non-hydrogen) atoms. The highest BCUT2D eigenvalue weighted by Crippen LogP contribution is 2.21. The number of aryl methyl sites for hydroxylation is 1. The quantitative estimate of drug-likeness (QED) is 0.793. The topological polar surface area (TPSA) is 55.9 Å². The fourth-order valence-electron chi connectivity index (χ4n) is 1.63. The summed E-state index contributed by atoms with van der Waals surface area (Å²) in [6.07, 6.45) is 3.82. The molecule has 0 bridgehead atoms. The second-order valence-corrected chi connectivity index (χ2v) is 3.88. The molecule has 2 rings (SSSR count). The van der Waals surface area contributed by atoms with Gasteiger partial charge >= 0.3 is 0 Å². The second kappa shape index (κ2) is 3.90. The molecule has 4 heteroatoms. The molecule has 2 aromatic heterocycles. The molecule has 4 nitrogen and oxygen atoms in total. The van der Waals surface area contributed by atoms with Crippen molar-refractivity contribution in [3.8, 4) is 0 Å². The number of rotatable bonds is 3. The molecule has 0 aliphatic rings. The Morgan fingerprint density at radius 3 is 3.07 bits per heavy atom. The normalized spacial score (nSPS) is 13.0. The van der Waals surface area contributed by atoms with Gasteiger partial charge in [0.25, 0.3) is 0 Å². The van der Waals surface area contributed by atoms with E-state index in [9.17, 15) is 0 Å². The lowest BCUT2D eigenvalue weighted by Crippen LogP contribution is -2.25. The highest BCUT2D eigenvalue weighted by molar-refractivity contribution is 5.88. The largest absolute Gasteiger partial charge is 0.382 e. The third-order valence-corrected chi connectivity index (χ3v) is 2.38. The lowest BCUT2D eigenvalue weighted by atomic mass is 10.3. The Balaban J connectivity index is 2.37. The van der Waals surface area contributed by atoms with Gasteiger partial charge in [-0.3, -0.25) is 4.98 Å². The molecule has 0 aliphatic carbocycles. The first kappa shape index (κ1) is 9.98. The summed E-state index contributed by atoms with van der Waals surface area (Å²) in [6.45, 7) is 2.75. The first-order valence-electron chi connectivity index (χ1n) is 5.08. The molecule has 0 spiro atoms. The summed E-state index contributed by atoms with van der Waals surface area (Å²) in [6, 6.07) is 4.13. The van der Waals surface area contributed by atoms with Crippen LogP contribution in [0.2, 0.25) is 0 Å². The van der Waals surface area contributed by atoms with Crippen molar-refractivity contribution in [2.45, 2.75) is 13.0 Å². The minimum absolute atomic E-state index is 0.147. The molecule has 2 heterocycles. The van der Waals surface area contributed by atoms with Gasteiger partial charge in [0, 0.05) is 32.0 Å². The maximum atomic E-state index is 5.71. The smallest absolute Gasteiger partial charge is 0.0902 e. The van der Waals surface area contributed by atoms with Crippen molar-refractivity contribution in [1.29, 1.82) is 0 Å². The van der Waals surface area contributed by atoms with Gasteiger partial charge in [-0.05, 0) is 19.1 Å². The Bertz CT molecular complexity index is 459. The number of anilines is 1. The van der Waals surface area contributed by atoms with Crippen LogP contribution in [0.1, 0.15) is 6.92 Å². The number of nitrogens with two attached hydrogens (primary N) is 1. The summed E-state index contributed by atoms with van der Waals surface area (Å²) in [5.41, 5.74) is 8.93. The highest BCUT2D eigenvalue weighted by Gasteiger charge is 2.05. The summed E-state index contributed by atoms with van der Waals surface area (Å²) in [5, 5.41) is 3.33. The molecule has 1 atom stereocenters. The van der Waals surface area contributed by atoms with Crippen LogP contribution in [0.15, 0.2) is 24.5 Å². The van der Waals surface area contributed by atoms with E-state index < -0.39 is 0 Å². The Labute approximate surface area is 89.1 Å². The van der Waals surface area contributed by atoms with Crippen LogP contribution in [0, 0.1) is 0 Å². The minimum Gasteiger partial charge on any atom is -0.382 e. The molecular weight excluding hydrogens is 188 g/mol. The average molecular weight is 204 g/mol. The number of nitrogens with zero attached hydrogens (tertiary/aromatic N) is 2. The van der Waals surface area contributed by atoms with Crippen LogP contribution < -0.4 is 11.1 Å². The molecule has 0 aromatic carbocycles. The van der Waals surface area contributed by atoms with Crippen LogP contribution in [0.25, 0.3) is 11.0 Å². The Kier molecular flexibility index (Phi) is 2.60. The van der Waals surface area contributed by atoms with Crippen LogP contribution in [0.4, 0.5) is 5.69 Å². The van der Waals surface area contributed by atoms with Gasteiger partial charge in [0.1, 0.15) is 0 Å². The van der Waals surface area contributed by atoms with E-state index in [-0.39, 0.29) is 6.04 Å². The van der Waals surface area contributed by atoms with E-state index in [1.165, 1.54) is 0 Å². The monoisotopic (exact) mass is 204 g/mol. The summed E-state index contributed by atoms with van der Waals surface area (Å²) in [4.78, 5) is 4.30. The van der Waals surface area contributed by atoms with Crippen LogP contribution in [0.3, 0.4) is 0 Å². The number of pyridine rings is 1. The first-order chi connectivity index (χ1) is 7.18. The zero-order valence-electron chi connectivity index (χ0n) is 9.07. The number of nitrogens with one attached hydrogen (secondary N) is 1. The number of hydrogen-bond donors (Lipinski definition) is 2. The van der Waals surface area contributed by atoms with Gasteiger partial charge in [-0.25, -0.2) is 0 Å². The Morgan fingerprint density at radius 1 is 1.53 bits per heavy atom. The average Bonchev–Trinajstić information content (AvgIpc) is 2.58. The first-order valence-corrected chi connectivity index (χ1v) is 5.08. The van der Waals surface area contributed by atoms with Crippen molar-refractivity contribution in [3.63, 3.8) is 0 Å². The Morgan fingerprint density at radius 2 is 2.33 bits per heavy atom. The van der Waals surface area contributed by atoms with Gasteiger partial charge in [-0.2, -0.15) is 0 Å². The van der Waals surface area contributed by atoms with E-state index in [0.717, 1.165) is 23.3 Å². The van der Waals surface area contributed by atoms with E-state index in [1.807, 2.05) is 38.5 Å². The number of aromatic nitrogens is 2. The van der Waals surface area contributed by atoms with Crippen molar-refractivity contribution >= 4 is 16.7 Å². The molecule has 80 valence electrons. The van der Waals surface area contributed by atoms with E-state index in [0.29, 0.717) is 0 Å². The molecule has 0 saturated heterocycles. The van der Waals surface area contributed by atoms with E-state index >= 15 is 0 Å². The van der Waals surface area contributed by atoms with Crippen LogP contribution >= 0.6 is 0 Å².